The third-order valence-electron chi connectivity index (χ3n) is 6.29. The van der Waals surface area contributed by atoms with Gasteiger partial charge in [0.2, 0.25) is 5.12 Å². The molecule has 2 unspecified atom stereocenters. The van der Waals surface area contributed by atoms with Gasteiger partial charge in [-0.3, -0.25) is 4.79 Å². The molecule has 0 bridgehead atoms. The predicted molar refractivity (Wildman–Crippen MR) is 142 cm³/mol. The molecule has 2 aromatic rings. The topological polar surface area (TPSA) is 115 Å². The number of hydrogen-bond acceptors (Lipinski definition) is 9. The Morgan fingerprint density at radius 2 is 2.03 bits per heavy atom. The molecule has 36 heavy (non-hydrogen) atoms. The number of rotatable bonds is 11. The van der Waals surface area contributed by atoms with Crippen LogP contribution in [0.25, 0.3) is 0 Å². The first-order valence-electron chi connectivity index (χ1n) is 12.1. The van der Waals surface area contributed by atoms with Gasteiger partial charge in [0, 0.05) is 43.5 Å². The standard InChI is InChI=1S/C27H35N3O5S/c1-4-12-30(23-11-13-36-27(32,33)16-23)25-10-7-20(21(18-34-2)15-26(31)35-3)14-24(25)29-22-8-5-19(17-28)6-9-22/h5-10,14,21,23,29,32-33H,4,11-13,15-16,18H2,1-3H3. The lowest BCUT2D eigenvalue weighted by molar-refractivity contribution is -0.141. The minimum absolute atomic E-state index is 0.0431. The number of nitrogens with zero attached hydrogens (tertiary/aromatic N) is 2. The molecule has 1 aliphatic rings. The molecule has 0 saturated carbocycles. The predicted octanol–water partition coefficient (Wildman–Crippen LogP) is 4.35. The van der Waals surface area contributed by atoms with Crippen LogP contribution in [0.3, 0.4) is 0 Å². The number of esters is 1. The minimum atomic E-state index is -1.75. The number of methoxy groups -OCH3 is 2. The zero-order valence-electron chi connectivity index (χ0n) is 21.1. The monoisotopic (exact) mass is 513 g/mol. The van der Waals surface area contributed by atoms with Crippen molar-refractivity contribution in [2.24, 2.45) is 0 Å². The molecule has 8 nitrogen and oxygen atoms in total. The molecule has 9 heteroatoms. The summed E-state index contributed by atoms with van der Waals surface area (Å²) in [7, 11) is 2.98. The fourth-order valence-corrected chi connectivity index (χ4v) is 5.56. The van der Waals surface area contributed by atoms with E-state index in [1.165, 1.54) is 18.9 Å². The highest BCUT2D eigenvalue weighted by Crippen LogP contribution is 2.40. The van der Waals surface area contributed by atoms with Crippen LogP contribution in [0.1, 0.15) is 49.7 Å². The van der Waals surface area contributed by atoms with E-state index in [2.05, 4.69) is 23.2 Å². The maximum atomic E-state index is 12.1. The molecular weight excluding hydrogens is 478 g/mol. The van der Waals surface area contributed by atoms with Crippen LogP contribution in [0.4, 0.5) is 17.1 Å². The van der Waals surface area contributed by atoms with E-state index in [1.807, 2.05) is 30.3 Å². The van der Waals surface area contributed by atoms with E-state index in [1.54, 1.807) is 19.2 Å². The average molecular weight is 514 g/mol. The van der Waals surface area contributed by atoms with Gasteiger partial charge in [0.1, 0.15) is 0 Å². The number of carbonyl (C=O) groups excluding carboxylic acids is 1. The molecule has 0 radical (unpaired) electrons. The van der Waals surface area contributed by atoms with E-state index in [0.29, 0.717) is 17.9 Å². The molecule has 2 atom stereocenters. The molecule has 1 aliphatic heterocycles. The first-order valence-corrected chi connectivity index (χ1v) is 13.1. The van der Waals surface area contributed by atoms with Crippen molar-refractivity contribution in [3.05, 3.63) is 53.6 Å². The van der Waals surface area contributed by atoms with E-state index in [-0.39, 0.29) is 30.8 Å². The Labute approximate surface area is 217 Å². The largest absolute Gasteiger partial charge is 0.469 e. The van der Waals surface area contributed by atoms with Crippen LogP contribution < -0.4 is 10.2 Å². The fraction of sp³-hybridized carbons (Fsp3) is 0.481. The Kier molecular flexibility index (Phi) is 10.0. The maximum absolute atomic E-state index is 12.1. The number of benzene rings is 2. The molecule has 3 N–H and O–H groups in total. The minimum Gasteiger partial charge on any atom is -0.469 e. The average Bonchev–Trinajstić information content (AvgIpc) is 2.87. The molecule has 0 amide bonds. The van der Waals surface area contributed by atoms with Gasteiger partial charge in [0.25, 0.3) is 0 Å². The van der Waals surface area contributed by atoms with Gasteiger partial charge in [-0.2, -0.15) is 5.26 Å². The number of anilines is 3. The van der Waals surface area contributed by atoms with Gasteiger partial charge >= 0.3 is 5.97 Å². The highest BCUT2D eigenvalue weighted by atomic mass is 32.2. The lowest BCUT2D eigenvalue weighted by atomic mass is 9.94. The van der Waals surface area contributed by atoms with Crippen LogP contribution in [-0.4, -0.2) is 60.5 Å². The van der Waals surface area contributed by atoms with Gasteiger partial charge in [-0.1, -0.05) is 24.8 Å². The zero-order chi connectivity index (χ0) is 26.1. The summed E-state index contributed by atoms with van der Waals surface area (Å²) in [4.78, 5) is 14.3. The molecule has 1 saturated heterocycles. The number of hydrogen-bond donors (Lipinski definition) is 3. The number of nitriles is 1. The summed E-state index contributed by atoms with van der Waals surface area (Å²) in [5.74, 6) is 0.159. The highest BCUT2D eigenvalue weighted by molar-refractivity contribution is 8.00. The summed E-state index contributed by atoms with van der Waals surface area (Å²) in [5, 5.41) is 31.6. The summed E-state index contributed by atoms with van der Waals surface area (Å²) < 4.78 is 10.3. The Balaban J connectivity index is 2.04. The van der Waals surface area contributed by atoms with Crippen molar-refractivity contribution in [3.63, 3.8) is 0 Å². The van der Waals surface area contributed by atoms with Crippen molar-refractivity contribution in [3.8, 4) is 6.07 Å². The summed E-state index contributed by atoms with van der Waals surface area (Å²) in [6.45, 7) is 3.21. The molecule has 3 rings (SSSR count). The maximum Gasteiger partial charge on any atom is 0.306 e. The van der Waals surface area contributed by atoms with Gasteiger partial charge in [0.05, 0.1) is 43.1 Å². The van der Waals surface area contributed by atoms with Crippen LogP contribution in [0, 0.1) is 11.3 Å². The van der Waals surface area contributed by atoms with Crippen molar-refractivity contribution in [1.82, 2.24) is 0 Å². The second-order valence-electron chi connectivity index (χ2n) is 8.95. The van der Waals surface area contributed by atoms with E-state index < -0.39 is 5.12 Å². The van der Waals surface area contributed by atoms with Crippen LogP contribution in [0.15, 0.2) is 42.5 Å². The second-order valence-corrected chi connectivity index (χ2v) is 10.3. The van der Waals surface area contributed by atoms with E-state index >= 15 is 0 Å². The molecule has 2 aromatic carbocycles. The number of nitrogens with one attached hydrogen (secondary N) is 1. The third kappa shape index (κ3) is 7.37. The fourth-order valence-electron chi connectivity index (χ4n) is 4.53. The Bertz CT molecular complexity index is 1050. The van der Waals surface area contributed by atoms with Crippen LogP contribution in [0.2, 0.25) is 0 Å². The van der Waals surface area contributed by atoms with Crippen molar-refractivity contribution >= 4 is 34.8 Å². The van der Waals surface area contributed by atoms with Crippen LogP contribution >= 0.6 is 11.8 Å². The summed E-state index contributed by atoms with van der Waals surface area (Å²) >= 11 is 1.17. The molecular formula is C27H35N3O5S. The zero-order valence-corrected chi connectivity index (χ0v) is 21.9. The quantitative estimate of drug-likeness (QED) is 0.298. The van der Waals surface area contributed by atoms with Crippen molar-refractivity contribution in [1.29, 1.82) is 5.26 Å². The Morgan fingerprint density at radius 3 is 2.64 bits per heavy atom. The molecule has 1 fully saturated rings. The smallest absolute Gasteiger partial charge is 0.306 e. The van der Waals surface area contributed by atoms with Gasteiger partial charge in [-0.05, 0) is 54.8 Å². The van der Waals surface area contributed by atoms with Gasteiger partial charge < -0.3 is 29.9 Å². The van der Waals surface area contributed by atoms with Crippen LogP contribution in [-0.2, 0) is 14.3 Å². The number of ether oxygens (including phenoxy) is 2. The lowest BCUT2D eigenvalue weighted by Gasteiger charge is -2.41. The van der Waals surface area contributed by atoms with Crippen molar-refractivity contribution in [2.75, 3.05) is 43.3 Å². The van der Waals surface area contributed by atoms with E-state index in [4.69, 9.17) is 14.7 Å². The summed E-state index contributed by atoms with van der Waals surface area (Å²) in [6.07, 6.45) is 2.15. The number of carbonyl (C=O) groups is 1. The Hall–Kier alpha value is -2.77. The summed E-state index contributed by atoms with van der Waals surface area (Å²) in [5.41, 5.74) is 4.08. The van der Waals surface area contributed by atoms with Crippen LogP contribution in [0.5, 0.6) is 0 Å². The molecule has 0 aliphatic carbocycles. The van der Waals surface area contributed by atoms with E-state index in [9.17, 15) is 15.0 Å². The van der Waals surface area contributed by atoms with Gasteiger partial charge in [0.15, 0.2) is 0 Å². The Morgan fingerprint density at radius 1 is 1.28 bits per heavy atom. The molecule has 1 heterocycles. The summed E-state index contributed by atoms with van der Waals surface area (Å²) in [6, 6.07) is 15.3. The van der Waals surface area contributed by atoms with Gasteiger partial charge in [-0.15, -0.1) is 0 Å². The highest BCUT2D eigenvalue weighted by Gasteiger charge is 2.36. The van der Waals surface area contributed by atoms with Crippen molar-refractivity contribution < 1.29 is 24.5 Å². The normalized spacial score (nSPS) is 17.6. The van der Waals surface area contributed by atoms with Crippen molar-refractivity contribution in [2.45, 2.75) is 49.7 Å². The SMILES string of the molecule is CCCN(c1ccc(C(COC)CC(=O)OC)cc1Nc1ccc(C#N)cc1)C1CCSC(O)(O)C1. The lowest BCUT2D eigenvalue weighted by Crippen LogP contribution is -2.45. The molecule has 0 aromatic heterocycles. The second kappa shape index (κ2) is 13.0. The van der Waals surface area contributed by atoms with Gasteiger partial charge in [-0.25, -0.2) is 0 Å². The number of aliphatic hydroxyl groups is 2. The number of thioether (sulfide) groups is 1. The third-order valence-corrected chi connectivity index (χ3v) is 7.36. The molecule has 0 spiro atoms. The molecule has 194 valence electrons. The van der Waals surface area contributed by atoms with E-state index in [0.717, 1.165) is 42.0 Å². The first-order chi connectivity index (χ1) is 17.3. The first kappa shape index (κ1) is 27.8.